The summed E-state index contributed by atoms with van der Waals surface area (Å²) in [7, 11) is 0. The molecule has 1 aromatic heterocycles. The Labute approximate surface area is 110 Å². The molecular weight excluding hydrogens is 345 g/mol. The highest BCUT2D eigenvalue weighted by molar-refractivity contribution is 14.1. The maximum atomic E-state index is 12.6. The molecule has 0 fully saturated rings. The van der Waals surface area contributed by atoms with Crippen LogP contribution in [0.15, 0.2) is 6.20 Å². The Hall–Kier alpha value is -1.30. The normalized spacial score (nSPS) is 10.1. The zero-order chi connectivity index (χ0) is 13.0. The van der Waals surface area contributed by atoms with Crippen LogP contribution in [-0.2, 0) is 4.74 Å². The molecule has 1 aromatic rings. The number of nitrogens with zero attached hydrogens (tertiary/aromatic N) is 2. The number of pyridine rings is 1. The smallest absolute Gasteiger partial charge is 0.340 e. The molecule has 0 atom stereocenters. The lowest BCUT2D eigenvalue weighted by Gasteiger charge is -2.09. The van der Waals surface area contributed by atoms with E-state index in [1.165, 1.54) is 0 Å². The van der Waals surface area contributed by atoms with Crippen molar-refractivity contribution < 1.29 is 18.3 Å². The first-order valence-corrected chi connectivity index (χ1v) is 5.64. The summed E-state index contributed by atoms with van der Waals surface area (Å²) in [5, 5.41) is 8.86. The van der Waals surface area contributed by atoms with Crippen LogP contribution in [0, 0.1) is 14.9 Å². The molecule has 1 rings (SSSR count). The van der Waals surface area contributed by atoms with Crippen LogP contribution in [0.1, 0.15) is 35.0 Å². The first-order chi connectivity index (χ1) is 8.02. The van der Waals surface area contributed by atoms with Crippen LogP contribution >= 0.6 is 22.6 Å². The average molecular weight is 352 g/mol. The molecule has 4 nitrogen and oxygen atoms in total. The third kappa shape index (κ3) is 2.88. The van der Waals surface area contributed by atoms with Crippen molar-refractivity contribution in [1.29, 1.82) is 5.26 Å². The highest BCUT2D eigenvalue weighted by atomic mass is 127. The molecule has 0 radical (unpaired) electrons. The number of nitriles is 1. The Balaban J connectivity index is 3.42. The molecule has 0 aliphatic rings. The first-order valence-electron chi connectivity index (χ1n) is 4.56. The molecule has 0 aliphatic heterocycles. The number of rotatable bonds is 3. The monoisotopic (exact) mass is 352 g/mol. The quantitative estimate of drug-likeness (QED) is 0.620. The Morgan fingerprint density at radius 2 is 2.35 bits per heavy atom. The first kappa shape index (κ1) is 13.8. The van der Waals surface area contributed by atoms with Crippen LogP contribution < -0.4 is 0 Å². The molecule has 0 aliphatic carbocycles. The van der Waals surface area contributed by atoms with E-state index < -0.39 is 23.7 Å². The van der Waals surface area contributed by atoms with Gasteiger partial charge < -0.3 is 4.74 Å². The highest BCUT2D eigenvalue weighted by Gasteiger charge is 2.24. The zero-order valence-corrected chi connectivity index (χ0v) is 10.9. The number of alkyl halides is 2. The second-order valence-corrected chi connectivity index (χ2v) is 4.04. The number of carbonyl (C=O) groups is 1. The molecule has 1 heterocycles. The summed E-state index contributed by atoms with van der Waals surface area (Å²) in [5.74, 6) is -0.794. The van der Waals surface area contributed by atoms with Crippen molar-refractivity contribution in [2.24, 2.45) is 0 Å². The maximum absolute atomic E-state index is 12.6. The largest absolute Gasteiger partial charge is 0.462 e. The van der Waals surface area contributed by atoms with Gasteiger partial charge in [-0.3, -0.25) is 4.98 Å². The van der Waals surface area contributed by atoms with Gasteiger partial charge in [-0.1, -0.05) is 0 Å². The second kappa shape index (κ2) is 5.86. The van der Waals surface area contributed by atoms with E-state index in [0.29, 0.717) is 3.57 Å². The molecule has 0 spiro atoms. The van der Waals surface area contributed by atoms with E-state index >= 15 is 0 Å². The fraction of sp³-hybridized carbons (Fsp3) is 0.300. The van der Waals surface area contributed by atoms with Gasteiger partial charge in [0.1, 0.15) is 11.8 Å². The van der Waals surface area contributed by atoms with E-state index in [2.05, 4.69) is 4.98 Å². The SMILES string of the molecule is CCOC(=O)c1c(I)cnc(C(F)F)c1C#N. The number of esters is 1. The zero-order valence-electron chi connectivity index (χ0n) is 8.71. The Kier molecular flexibility index (Phi) is 4.74. The van der Waals surface area contributed by atoms with Gasteiger partial charge in [-0.05, 0) is 29.5 Å². The topological polar surface area (TPSA) is 63.0 Å². The molecule has 0 bridgehead atoms. The number of carbonyl (C=O) groups excluding carboxylic acids is 1. The molecule has 7 heteroatoms. The van der Waals surface area contributed by atoms with Crippen molar-refractivity contribution in [2.45, 2.75) is 13.3 Å². The van der Waals surface area contributed by atoms with E-state index in [0.717, 1.165) is 6.20 Å². The minimum atomic E-state index is -2.91. The molecule has 0 aromatic carbocycles. The van der Waals surface area contributed by atoms with Crippen LogP contribution in [0.3, 0.4) is 0 Å². The standard InChI is InChI=1S/C10H7F2IN2O2/c1-2-17-10(16)7-5(3-14)8(9(11)12)15-4-6(7)13/h4,9H,2H2,1H3. The molecule has 0 amide bonds. The van der Waals surface area contributed by atoms with Gasteiger partial charge >= 0.3 is 5.97 Å². The van der Waals surface area contributed by atoms with Crippen molar-refractivity contribution in [2.75, 3.05) is 6.61 Å². The molecule has 90 valence electrons. The van der Waals surface area contributed by atoms with Crippen LogP contribution in [0.4, 0.5) is 8.78 Å². The molecule has 17 heavy (non-hydrogen) atoms. The Morgan fingerprint density at radius 3 is 2.82 bits per heavy atom. The van der Waals surface area contributed by atoms with Gasteiger partial charge in [0.2, 0.25) is 0 Å². The summed E-state index contributed by atoms with van der Waals surface area (Å²) in [4.78, 5) is 15.0. The minimum Gasteiger partial charge on any atom is -0.462 e. The van der Waals surface area contributed by atoms with Crippen molar-refractivity contribution in [3.63, 3.8) is 0 Å². The lowest BCUT2D eigenvalue weighted by atomic mass is 10.1. The summed E-state index contributed by atoms with van der Waals surface area (Å²) in [6.07, 6.45) is -1.79. The van der Waals surface area contributed by atoms with E-state index in [1.807, 2.05) is 0 Å². The van der Waals surface area contributed by atoms with Gasteiger partial charge in [-0.15, -0.1) is 0 Å². The number of aromatic nitrogens is 1. The van der Waals surface area contributed by atoms with Gasteiger partial charge in [0.15, 0.2) is 0 Å². The third-order valence-electron chi connectivity index (χ3n) is 1.86. The molecule has 0 unspecified atom stereocenters. The fourth-order valence-corrected chi connectivity index (χ4v) is 1.81. The lowest BCUT2D eigenvalue weighted by Crippen LogP contribution is -2.12. The highest BCUT2D eigenvalue weighted by Crippen LogP contribution is 2.26. The Bertz CT molecular complexity index is 486. The molecular formula is C10H7F2IN2O2. The molecule has 0 N–H and O–H groups in total. The van der Waals surface area contributed by atoms with E-state index in [-0.39, 0.29) is 12.2 Å². The second-order valence-electron chi connectivity index (χ2n) is 2.87. The van der Waals surface area contributed by atoms with E-state index in [4.69, 9.17) is 10.00 Å². The minimum absolute atomic E-state index is 0.103. The van der Waals surface area contributed by atoms with Gasteiger partial charge in [0, 0.05) is 9.77 Å². The van der Waals surface area contributed by atoms with Gasteiger partial charge in [0.25, 0.3) is 6.43 Å². The van der Waals surface area contributed by atoms with Crippen molar-refractivity contribution in [1.82, 2.24) is 4.98 Å². The number of halogens is 3. The summed E-state index contributed by atoms with van der Waals surface area (Å²) >= 11 is 1.74. The van der Waals surface area contributed by atoms with E-state index in [9.17, 15) is 13.6 Å². The number of ether oxygens (including phenoxy) is 1. The van der Waals surface area contributed by atoms with Crippen LogP contribution in [0.25, 0.3) is 0 Å². The fourth-order valence-electron chi connectivity index (χ4n) is 1.18. The van der Waals surface area contributed by atoms with Crippen molar-refractivity contribution in [3.05, 3.63) is 26.6 Å². The number of hydrogen-bond donors (Lipinski definition) is 0. The summed E-state index contributed by atoms with van der Waals surface area (Å²) < 4.78 is 30.2. The van der Waals surface area contributed by atoms with Crippen LogP contribution in [0.2, 0.25) is 0 Å². The van der Waals surface area contributed by atoms with Gasteiger partial charge in [-0.2, -0.15) is 5.26 Å². The average Bonchev–Trinajstić information content (AvgIpc) is 2.28. The van der Waals surface area contributed by atoms with Crippen LogP contribution in [0.5, 0.6) is 0 Å². The predicted octanol–water partition coefficient (Wildman–Crippen LogP) is 2.67. The summed E-state index contributed by atoms with van der Waals surface area (Å²) in [6.45, 7) is 1.69. The third-order valence-corrected chi connectivity index (χ3v) is 2.68. The lowest BCUT2D eigenvalue weighted by molar-refractivity contribution is 0.0524. The van der Waals surface area contributed by atoms with Gasteiger partial charge in [0.05, 0.1) is 17.7 Å². The van der Waals surface area contributed by atoms with Crippen molar-refractivity contribution >= 4 is 28.6 Å². The number of hydrogen-bond acceptors (Lipinski definition) is 4. The van der Waals surface area contributed by atoms with Gasteiger partial charge in [-0.25, -0.2) is 13.6 Å². The summed E-state index contributed by atoms with van der Waals surface area (Å²) in [5.41, 5.74) is -1.28. The molecule has 0 saturated carbocycles. The summed E-state index contributed by atoms with van der Waals surface area (Å²) in [6, 6.07) is 1.58. The van der Waals surface area contributed by atoms with Crippen molar-refractivity contribution in [3.8, 4) is 6.07 Å². The van der Waals surface area contributed by atoms with Crippen LogP contribution in [-0.4, -0.2) is 17.6 Å². The molecule has 0 saturated heterocycles. The Morgan fingerprint density at radius 1 is 1.71 bits per heavy atom. The maximum Gasteiger partial charge on any atom is 0.340 e. The predicted molar refractivity (Wildman–Crippen MR) is 62.6 cm³/mol. The van der Waals surface area contributed by atoms with E-state index in [1.54, 1.807) is 35.6 Å².